The fraction of sp³-hybridized carbons (Fsp3) is 0.385. The lowest BCUT2D eigenvalue weighted by atomic mass is 9.83. The van der Waals surface area contributed by atoms with Gasteiger partial charge in [-0.1, -0.05) is 32.0 Å². The quantitative estimate of drug-likeness (QED) is 0.544. The first-order valence-electron chi connectivity index (χ1n) is 11.1. The molecule has 3 aromatic rings. The summed E-state index contributed by atoms with van der Waals surface area (Å²) in [5.41, 5.74) is 3.30. The third-order valence-corrected chi connectivity index (χ3v) is 6.41. The smallest absolute Gasteiger partial charge is 0.337 e. The third kappa shape index (κ3) is 4.35. The van der Waals surface area contributed by atoms with Gasteiger partial charge in [0.05, 0.1) is 17.0 Å². The van der Waals surface area contributed by atoms with Crippen LogP contribution < -0.4 is 15.6 Å². The number of fused-ring (bicyclic) bond motifs is 1. The first-order chi connectivity index (χ1) is 15.1. The third-order valence-electron chi connectivity index (χ3n) is 6.41. The van der Waals surface area contributed by atoms with Crippen LogP contribution in [-0.2, 0) is 0 Å². The number of para-hydroxylation sites is 1. The van der Waals surface area contributed by atoms with Gasteiger partial charge < -0.3 is 19.7 Å². The van der Waals surface area contributed by atoms with Gasteiger partial charge >= 0.3 is 5.97 Å². The number of nitrogens with one attached hydrogen (secondary N) is 1. The van der Waals surface area contributed by atoms with E-state index in [4.69, 9.17) is 4.42 Å². The van der Waals surface area contributed by atoms with Gasteiger partial charge in [0.15, 0.2) is 11.3 Å². The maximum Gasteiger partial charge on any atom is 0.337 e. The number of hydrogen-bond donors (Lipinski definition) is 2. The van der Waals surface area contributed by atoms with E-state index in [0.717, 1.165) is 37.1 Å². The molecular weight excluding hydrogens is 404 g/mol. The molecule has 0 aliphatic carbocycles. The Morgan fingerprint density at radius 2 is 1.84 bits per heavy atom. The van der Waals surface area contributed by atoms with Crippen LogP contribution in [0.15, 0.2) is 51.7 Å². The van der Waals surface area contributed by atoms with Crippen molar-refractivity contribution in [3.05, 3.63) is 69.4 Å². The highest BCUT2D eigenvalue weighted by Gasteiger charge is 2.27. The molecule has 1 aromatic heterocycles. The molecule has 2 N–H and O–H groups in total. The number of benzene rings is 2. The van der Waals surface area contributed by atoms with Crippen LogP contribution in [-0.4, -0.2) is 24.2 Å². The van der Waals surface area contributed by atoms with Crippen molar-refractivity contribution in [1.82, 2.24) is 0 Å². The second kappa shape index (κ2) is 8.34. The van der Waals surface area contributed by atoms with Crippen molar-refractivity contribution in [3.8, 4) is 0 Å². The van der Waals surface area contributed by atoms with Crippen molar-refractivity contribution in [3.63, 3.8) is 0 Å². The molecule has 2 aromatic carbocycles. The van der Waals surface area contributed by atoms with Crippen molar-refractivity contribution >= 4 is 28.5 Å². The number of carboxylic acid groups (broad SMARTS) is 1. The summed E-state index contributed by atoms with van der Waals surface area (Å²) in [4.78, 5) is 26.8. The standard InChI is InChI=1S/C26H30N2O4/c1-16-13-19(17(2)27-21-8-6-5-7-18(21)25(30)31)24-20(14-16)22(29)15-23(32-24)28-11-9-26(3,4)10-12-28/h5-8,13-15,17,27H,9-12H2,1-4H3,(H,30,31)/t17-/m0/s1. The van der Waals surface area contributed by atoms with E-state index in [1.54, 1.807) is 30.3 Å². The van der Waals surface area contributed by atoms with Gasteiger partial charge in [0.25, 0.3) is 0 Å². The zero-order valence-electron chi connectivity index (χ0n) is 19.1. The van der Waals surface area contributed by atoms with Gasteiger partial charge in [-0.2, -0.15) is 0 Å². The number of rotatable bonds is 5. The Morgan fingerprint density at radius 1 is 1.16 bits per heavy atom. The van der Waals surface area contributed by atoms with E-state index in [1.165, 1.54) is 0 Å². The highest BCUT2D eigenvalue weighted by atomic mass is 16.4. The van der Waals surface area contributed by atoms with E-state index in [9.17, 15) is 14.7 Å². The van der Waals surface area contributed by atoms with Crippen LogP contribution in [0.3, 0.4) is 0 Å². The highest BCUT2D eigenvalue weighted by Crippen LogP contribution is 2.34. The Kier molecular flexibility index (Phi) is 5.71. The largest absolute Gasteiger partial charge is 0.478 e. The van der Waals surface area contributed by atoms with E-state index in [1.807, 2.05) is 26.0 Å². The second-order valence-corrected chi connectivity index (χ2v) is 9.55. The topological polar surface area (TPSA) is 82.8 Å². The summed E-state index contributed by atoms with van der Waals surface area (Å²) in [5.74, 6) is -0.391. The molecular formula is C26H30N2O4. The van der Waals surface area contributed by atoms with Crippen molar-refractivity contribution in [2.24, 2.45) is 5.41 Å². The van der Waals surface area contributed by atoms with Crippen LogP contribution in [0.5, 0.6) is 0 Å². The number of anilines is 2. The van der Waals surface area contributed by atoms with Gasteiger partial charge in [0.1, 0.15) is 5.58 Å². The number of aromatic carboxylic acids is 1. The Hall–Kier alpha value is -3.28. The molecule has 32 heavy (non-hydrogen) atoms. The minimum absolute atomic E-state index is 0.0610. The number of carboxylic acids is 1. The molecule has 1 fully saturated rings. The van der Waals surface area contributed by atoms with Gasteiger partial charge in [0.2, 0.25) is 0 Å². The van der Waals surface area contributed by atoms with Gasteiger partial charge in [-0.25, -0.2) is 4.79 Å². The average molecular weight is 435 g/mol. The summed E-state index contributed by atoms with van der Waals surface area (Å²) in [5, 5.41) is 13.4. The molecule has 1 atom stereocenters. The molecule has 0 bridgehead atoms. The number of piperidine rings is 1. The predicted octanol–water partition coefficient (Wildman–Crippen LogP) is 5.60. The van der Waals surface area contributed by atoms with Crippen LogP contribution in [0.25, 0.3) is 11.0 Å². The molecule has 1 aliphatic heterocycles. The van der Waals surface area contributed by atoms with Crippen LogP contribution >= 0.6 is 0 Å². The molecule has 4 rings (SSSR count). The van der Waals surface area contributed by atoms with Gasteiger partial charge in [-0.3, -0.25) is 4.79 Å². The first-order valence-corrected chi connectivity index (χ1v) is 11.1. The number of hydrogen-bond acceptors (Lipinski definition) is 5. The summed E-state index contributed by atoms with van der Waals surface area (Å²) in [6.45, 7) is 10.1. The number of aryl methyl sites for hydroxylation is 1. The van der Waals surface area contributed by atoms with Crippen LogP contribution in [0.2, 0.25) is 0 Å². The van der Waals surface area contributed by atoms with E-state index < -0.39 is 5.97 Å². The average Bonchev–Trinajstić information content (AvgIpc) is 2.74. The SMILES string of the molecule is Cc1cc([C@H](C)Nc2ccccc2C(=O)O)c2oc(N3CCC(C)(C)CC3)cc(=O)c2c1. The summed E-state index contributed by atoms with van der Waals surface area (Å²) in [6, 6.07) is 12.0. The van der Waals surface area contributed by atoms with Crippen LogP contribution in [0.1, 0.15) is 61.1 Å². The van der Waals surface area contributed by atoms with Crippen molar-refractivity contribution in [2.75, 3.05) is 23.3 Å². The Bertz CT molecular complexity index is 1220. The summed E-state index contributed by atoms with van der Waals surface area (Å²) in [7, 11) is 0. The zero-order valence-corrected chi connectivity index (χ0v) is 19.1. The monoisotopic (exact) mass is 434 g/mol. The van der Waals surface area contributed by atoms with Gasteiger partial charge in [0, 0.05) is 30.4 Å². The normalized spacial score (nSPS) is 16.7. The molecule has 1 aliphatic rings. The molecule has 6 heteroatoms. The maximum absolute atomic E-state index is 13.0. The Morgan fingerprint density at radius 3 is 2.53 bits per heavy atom. The molecule has 0 unspecified atom stereocenters. The summed E-state index contributed by atoms with van der Waals surface area (Å²) >= 11 is 0. The van der Waals surface area contributed by atoms with Crippen molar-refractivity contribution in [1.29, 1.82) is 0 Å². The lowest BCUT2D eigenvalue weighted by Crippen LogP contribution is -2.37. The highest BCUT2D eigenvalue weighted by molar-refractivity contribution is 5.94. The van der Waals surface area contributed by atoms with E-state index >= 15 is 0 Å². The molecule has 2 heterocycles. The lowest BCUT2D eigenvalue weighted by Gasteiger charge is -2.37. The van der Waals surface area contributed by atoms with E-state index in [-0.39, 0.29) is 17.0 Å². The lowest BCUT2D eigenvalue weighted by molar-refractivity contribution is 0.0698. The fourth-order valence-corrected chi connectivity index (χ4v) is 4.34. The van der Waals surface area contributed by atoms with Crippen molar-refractivity contribution in [2.45, 2.75) is 46.6 Å². The van der Waals surface area contributed by atoms with E-state index in [2.05, 4.69) is 24.1 Å². The minimum atomic E-state index is -0.990. The molecule has 0 spiro atoms. The van der Waals surface area contributed by atoms with Crippen LogP contribution in [0, 0.1) is 12.3 Å². The van der Waals surface area contributed by atoms with E-state index in [0.29, 0.717) is 28.0 Å². The molecule has 168 valence electrons. The van der Waals surface area contributed by atoms with Gasteiger partial charge in [-0.05, 0) is 55.9 Å². The van der Waals surface area contributed by atoms with Crippen LogP contribution in [0.4, 0.5) is 11.6 Å². The molecule has 1 saturated heterocycles. The second-order valence-electron chi connectivity index (χ2n) is 9.55. The fourth-order valence-electron chi connectivity index (χ4n) is 4.34. The zero-order chi connectivity index (χ0) is 23.0. The first kappa shape index (κ1) is 21.9. The van der Waals surface area contributed by atoms with Crippen molar-refractivity contribution < 1.29 is 14.3 Å². The summed E-state index contributed by atoms with van der Waals surface area (Å²) in [6.07, 6.45) is 2.08. The molecule has 0 saturated carbocycles. The molecule has 6 nitrogen and oxygen atoms in total. The number of carbonyl (C=O) groups is 1. The molecule has 0 radical (unpaired) electrons. The Balaban J connectivity index is 1.75. The molecule has 0 amide bonds. The minimum Gasteiger partial charge on any atom is -0.478 e. The Labute approximate surface area is 187 Å². The van der Waals surface area contributed by atoms with Gasteiger partial charge in [-0.15, -0.1) is 0 Å². The maximum atomic E-state index is 13.0. The number of nitrogens with zero attached hydrogens (tertiary/aromatic N) is 1. The predicted molar refractivity (Wildman–Crippen MR) is 128 cm³/mol. The summed E-state index contributed by atoms with van der Waals surface area (Å²) < 4.78 is 6.34.